The van der Waals surface area contributed by atoms with Gasteiger partial charge in [0.15, 0.2) is 0 Å². The van der Waals surface area contributed by atoms with Crippen molar-refractivity contribution in [1.29, 1.82) is 0 Å². The molecular formula is C12H12ClF. The van der Waals surface area contributed by atoms with Gasteiger partial charge in [0.2, 0.25) is 0 Å². The van der Waals surface area contributed by atoms with E-state index in [2.05, 4.69) is 11.8 Å². The molecular weight excluding hydrogens is 199 g/mol. The molecule has 1 aromatic carbocycles. The molecule has 0 heterocycles. The highest BCUT2D eigenvalue weighted by Crippen LogP contribution is 2.12. The average molecular weight is 211 g/mol. The molecule has 0 spiro atoms. The van der Waals surface area contributed by atoms with Crippen LogP contribution in [0.4, 0.5) is 4.39 Å². The van der Waals surface area contributed by atoms with Crippen molar-refractivity contribution in [2.24, 2.45) is 0 Å². The minimum Gasteiger partial charge on any atom is -0.207 e. The van der Waals surface area contributed by atoms with Gasteiger partial charge in [0.25, 0.3) is 0 Å². The first-order valence-corrected chi connectivity index (χ1v) is 4.74. The Morgan fingerprint density at radius 2 is 2.00 bits per heavy atom. The molecule has 0 aromatic heterocycles. The van der Waals surface area contributed by atoms with Crippen molar-refractivity contribution in [3.63, 3.8) is 0 Å². The van der Waals surface area contributed by atoms with Crippen LogP contribution in [0.25, 0.3) is 0 Å². The third-order valence-electron chi connectivity index (χ3n) is 1.69. The van der Waals surface area contributed by atoms with Crippen LogP contribution in [0, 0.1) is 24.6 Å². The number of hydrogen-bond donors (Lipinski definition) is 0. The van der Waals surface area contributed by atoms with Gasteiger partial charge in [-0.05, 0) is 38.5 Å². The highest BCUT2D eigenvalue weighted by Gasteiger charge is 2.07. The van der Waals surface area contributed by atoms with Crippen molar-refractivity contribution in [1.82, 2.24) is 0 Å². The van der Waals surface area contributed by atoms with Gasteiger partial charge in [0.05, 0.1) is 4.87 Å². The van der Waals surface area contributed by atoms with E-state index in [1.54, 1.807) is 19.9 Å². The van der Waals surface area contributed by atoms with E-state index in [4.69, 9.17) is 11.6 Å². The van der Waals surface area contributed by atoms with E-state index in [-0.39, 0.29) is 5.82 Å². The van der Waals surface area contributed by atoms with E-state index in [1.165, 1.54) is 12.1 Å². The third kappa shape index (κ3) is 3.40. The standard InChI is InChI=1S/C12H12ClF/c1-9-4-5-11(14)8-10(9)6-7-12(2,3)13/h4-5,8H,1-3H3. The maximum Gasteiger partial charge on any atom is 0.124 e. The normalized spacial score (nSPS) is 10.6. The number of halogens is 2. The lowest BCUT2D eigenvalue weighted by Crippen LogP contribution is -2.04. The van der Waals surface area contributed by atoms with E-state index in [0.717, 1.165) is 5.56 Å². The minimum atomic E-state index is -0.571. The van der Waals surface area contributed by atoms with Gasteiger partial charge in [-0.1, -0.05) is 17.9 Å². The van der Waals surface area contributed by atoms with Crippen molar-refractivity contribution in [2.45, 2.75) is 25.6 Å². The number of hydrogen-bond acceptors (Lipinski definition) is 0. The summed E-state index contributed by atoms with van der Waals surface area (Å²) in [5, 5.41) is 0. The van der Waals surface area contributed by atoms with Gasteiger partial charge in [0, 0.05) is 5.56 Å². The molecule has 0 N–H and O–H groups in total. The first-order chi connectivity index (χ1) is 6.38. The third-order valence-corrected chi connectivity index (χ3v) is 1.79. The molecule has 0 aliphatic carbocycles. The summed E-state index contributed by atoms with van der Waals surface area (Å²) in [4.78, 5) is -0.571. The molecule has 0 radical (unpaired) electrons. The van der Waals surface area contributed by atoms with Crippen LogP contribution in [0.15, 0.2) is 18.2 Å². The van der Waals surface area contributed by atoms with Gasteiger partial charge >= 0.3 is 0 Å². The second-order valence-electron chi connectivity index (χ2n) is 3.68. The second kappa shape index (κ2) is 4.02. The summed E-state index contributed by atoms with van der Waals surface area (Å²) in [6.45, 7) is 5.50. The van der Waals surface area contributed by atoms with E-state index >= 15 is 0 Å². The fraction of sp³-hybridized carbons (Fsp3) is 0.333. The molecule has 0 atom stereocenters. The zero-order valence-electron chi connectivity index (χ0n) is 8.49. The Bertz CT molecular complexity index is 391. The summed E-state index contributed by atoms with van der Waals surface area (Å²) in [6.07, 6.45) is 0. The zero-order valence-corrected chi connectivity index (χ0v) is 9.24. The summed E-state index contributed by atoms with van der Waals surface area (Å²) in [7, 11) is 0. The van der Waals surface area contributed by atoms with Gasteiger partial charge in [-0.15, -0.1) is 11.6 Å². The van der Waals surface area contributed by atoms with Gasteiger partial charge in [-0.25, -0.2) is 4.39 Å². The molecule has 0 amide bonds. The van der Waals surface area contributed by atoms with Crippen LogP contribution < -0.4 is 0 Å². The van der Waals surface area contributed by atoms with Crippen molar-refractivity contribution < 1.29 is 4.39 Å². The first kappa shape index (κ1) is 11.1. The molecule has 1 aromatic rings. The topological polar surface area (TPSA) is 0 Å². The Morgan fingerprint density at radius 1 is 1.36 bits per heavy atom. The van der Waals surface area contributed by atoms with Crippen LogP contribution in [0.3, 0.4) is 0 Å². The van der Waals surface area contributed by atoms with Crippen LogP contribution in [-0.2, 0) is 0 Å². The summed E-state index contributed by atoms with van der Waals surface area (Å²) in [6, 6.07) is 4.55. The Balaban J connectivity index is 3.06. The average Bonchev–Trinajstić information content (AvgIpc) is 2.05. The Kier molecular flexibility index (Phi) is 3.18. The van der Waals surface area contributed by atoms with Crippen molar-refractivity contribution >= 4 is 11.6 Å². The molecule has 0 fully saturated rings. The van der Waals surface area contributed by atoms with Gasteiger partial charge in [0.1, 0.15) is 5.82 Å². The molecule has 0 saturated carbocycles. The highest BCUT2D eigenvalue weighted by molar-refractivity contribution is 6.25. The number of aryl methyl sites for hydroxylation is 1. The molecule has 0 nitrogen and oxygen atoms in total. The number of rotatable bonds is 0. The largest absolute Gasteiger partial charge is 0.207 e. The van der Waals surface area contributed by atoms with Crippen LogP contribution in [0.5, 0.6) is 0 Å². The Morgan fingerprint density at radius 3 is 2.57 bits per heavy atom. The highest BCUT2D eigenvalue weighted by atomic mass is 35.5. The van der Waals surface area contributed by atoms with Crippen molar-refractivity contribution in [3.05, 3.63) is 35.1 Å². The van der Waals surface area contributed by atoms with Crippen LogP contribution in [0.1, 0.15) is 25.0 Å². The van der Waals surface area contributed by atoms with Crippen LogP contribution in [0.2, 0.25) is 0 Å². The van der Waals surface area contributed by atoms with Crippen LogP contribution in [-0.4, -0.2) is 4.87 Å². The summed E-state index contributed by atoms with van der Waals surface area (Å²) in [5.74, 6) is 5.46. The lowest BCUT2D eigenvalue weighted by Gasteiger charge is -2.04. The lowest BCUT2D eigenvalue weighted by atomic mass is 10.1. The monoisotopic (exact) mass is 210 g/mol. The Hall–Kier alpha value is -1.00. The summed E-state index contributed by atoms with van der Waals surface area (Å²) >= 11 is 5.91. The summed E-state index contributed by atoms with van der Waals surface area (Å²) in [5.41, 5.74) is 1.65. The van der Waals surface area contributed by atoms with Gasteiger partial charge in [-0.2, -0.15) is 0 Å². The molecule has 74 valence electrons. The molecule has 1 rings (SSSR count). The summed E-state index contributed by atoms with van der Waals surface area (Å²) < 4.78 is 12.9. The van der Waals surface area contributed by atoms with Gasteiger partial charge < -0.3 is 0 Å². The van der Waals surface area contributed by atoms with Gasteiger partial charge in [-0.3, -0.25) is 0 Å². The molecule has 14 heavy (non-hydrogen) atoms. The smallest absolute Gasteiger partial charge is 0.124 e. The second-order valence-corrected chi connectivity index (χ2v) is 4.63. The fourth-order valence-electron chi connectivity index (χ4n) is 0.945. The quantitative estimate of drug-likeness (QED) is 0.454. The first-order valence-electron chi connectivity index (χ1n) is 4.37. The molecule has 0 saturated heterocycles. The van der Waals surface area contributed by atoms with Crippen molar-refractivity contribution in [3.8, 4) is 11.8 Å². The maximum atomic E-state index is 12.9. The van der Waals surface area contributed by atoms with E-state index in [1.807, 2.05) is 6.92 Å². The minimum absolute atomic E-state index is 0.271. The molecule has 0 unspecified atom stereocenters. The van der Waals surface area contributed by atoms with E-state index in [0.29, 0.717) is 5.56 Å². The maximum absolute atomic E-state index is 12.9. The number of alkyl halides is 1. The fourth-order valence-corrected chi connectivity index (χ4v) is 0.992. The predicted molar refractivity (Wildman–Crippen MR) is 57.9 cm³/mol. The number of benzene rings is 1. The molecule has 0 aliphatic rings. The van der Waals surface area contributed by atoms with E-state index < -0.39 is 4.87 Å². The predicted octanol–water partition coefficient (Wildman–Crippen LogP) is 3.50. The molecule has 2 heteroatoms. The zero-order chi connectivity index (χ0) is 10.8. The SMILES string of the molecule is Cc1ccc(F)cc1C#CC(C)(C)Cl. The molecule has 0 aliphatic heterocycles. The van der Waals surface area contributed by atoms with Crippen LogP contribution >= 0.6 is 11.6 Å². The molecule has 0 bridgehead atoms. The Labute approximate surface area is 89.1 Å². The lowest BCUT2D eigenvalue weighted by molar-refractivity contribution is 0.627. The van der Waals surface area contributed by atoms with E-state index in [9.17, 15) is 4.39 Å². The van der Waals surface area contributed by atoms with Crippen molar-refractivity contribution in [2.75, 3.05) is 0 Å².